The Labute approximate surface area is 127 Å². The maximum atomic E-state index is 5.00. The maximum Gasteiger partial charge on any atom is 0.0472 e. The van der Waals surface area contributed by atoms with Crippen molar-refractivity contribution in [1.29, 1.82) is 0 Å². The third-order valence-electron chi connectivity index (χ3n) is 4.00. The largest absolute Gasteiger partial charge is 0.354 e. The number of hydrogen-bond acceptors (Lipinski definition) is 1. The molecule has 0 aliphatic carbocycles. The summed E-state index contributed by atoms with van der Waals surface area (Å²) in [5.74, 6) is 0. The molecule has 1 nitrogen and oxygen atoms in total. The molecule has 0 aliphatic heterocycles. The predicted octanol–water partition coefficient (Wildman–Crippen LogP) is 6.43. The molecule has 0 unspecified atom stereocenters. The molecule has 5 aromatic rings. The van der Waals surface area contributed by atoms with E-state index >= 15 is 0 Å². The summed E-state index contributed by atoms with van der Waals surface area (Å²) in [7, 11) is 0. The van der Waals surface area contributed by atoms with E-state index in [0.717, 1.165) is 0 Å². The Bertz CT molecular complexity index is 1030. The van der Waals surface area contributed by atoms with E-state index in [4.69, 9.17) is 5.94 Å². The van der Waals surface area contributed by atoms with Crippen LogP contribution in [0.3, 0.4) is 0 Å². The molecule has 0 aliphatic rings. The lowest BCUT2D eigenvalue weighted by Crippen LogP contribution is -1.69. The van der Waals surface area contributed by atoms with Crippen molar-refractivity contribution in [3.8, 4) is 0 Å². The third-order valence-corrected chi connectivity index (χ3v) is 5.14. The van der Waals surface area contributed by atoms with Crippen LogP contribution in [0.25, 0.3) is 42.0 Å². The van der Waals surface area contributed by atoms with Crippen molar-refractivity contribution in [2.45, 2.75) is 0 Å². The van der Waals surface area contributed by atoms with E-state index in [2.05, 4.69) is 65.6 Å². The summed E-state index contributed by atoms with van der Waals surface area (Å²) < 4.78 is 22.7. The van der Waals surface area contributed by atoms with Crippen molar-refractivity contribution in [2.75, 3.05) is 0 Å². The summed E-state index contributed by atoms with van der Waals surface area (Å²) >= 11 is 1.87. The fraction of sp³-hybridized carbons (Fsp3) is 0. The number of para-hydroxylation sites is 1. The van der Waals surface area contributed by atoms with Crippen molar-refractivity contribution >= 4 is 53.3 Å². The number of benzene rings is 3. The number of hydrogen-bond donors (Lipinski definition) is 1. The summed E-state index contributed by atoms with van der Waals surface area (Å²) in [6.07, 6.45) is 0. The molecule has 2 heteroatoms. The minimum atomic E-state index is 0. The van der Waals surface area contributed by atoms with Crippen LogP contribution in [-0.2, 0) is 0 Å². The van der Waals surface area contributed by atoms with Crippen LogP contribution in [0.15, 0.2) is 60.7 Å². The van der Waals surface area contributed by atoms with Gasteiger partial charge in [0, 0.05) is 49.3 Å². The number of nitrogens with one attached hydrogen (secondary N) is 1. The average molecular weight is 284 g/mol. The van der Waals surface area contributed by atoms with Crippen LogP contribution in [-0.4, -0.2) is 4.98 Å². The molecule has 5 rings (SSSR count). The van der Waals surface area contributed by atoms with Gasteiger partial charge in [-0.2, -0.15) is 0 Å². The van der Waals surface area contributed by atoms with Gasteiger partial charge in [0.05, 0.1) is 0 Å². The first-order chi connectivity index (χ1) is 11.9. The van der Waals surface area contributed by atoms with Crippen molar-refractivity contribution in [2.24, 2.45) is 0 Å². The molecule has 1 N–H and O–H groups in total. The highest BCUT2D eigenvalue weighted by Gasteiger charge is 2.09. The Morgan fingerprint density at radius 3 is 2.45 bits per heavy atom. The number of rotatable bonds is 0. The fourth-order valence-electron chi connectivity index (χ4n) is 3.07. The molecule has 0 bridgehead atoms. The maximum absolute atomic E-state index is 5.00. The van der Waals surface area contributed by atoms with E-state index in [1.807, 2.05) is 11.3 Å². The van der Waals surface area contributed by atoms with Gasteiger partial charge in [-0.05, 0) is 24.3 Å². The second-order valence-electron chi connectivity index (χ2n) is 5.16. The van der Waals surface area contributed by atoms with Gasteiger partial charge in [0.1, 0.15) is 0 Å². The van der Waals surface area contributed by atoms with Gasteiger partial charge in [-0.25, -0.2) is 0 Å². The lowest BCUT2D eigenvalue weighted by atomic mass is 10.1. The number of fused-ring (bicyclic) bond motifs is 6. The van der Waals surface area contributed by atoms with Crippen LogP contribution in [0.5, 0.6) is 0 Å². The molecule has 0 atom stereocenters. The number of aromatic nitrogens is 1. The highest BCUT2D eigenvalue weighted by molar-refractivity contribution is 7.25. The molecule has 0 amide bonds. The monoisotopic (exact) mass is 284 g/mol. The van der Waals surface area contributed by atoms with E-state index < -0.39 is 0 Å². The van der Waals surface area contributed by atoms with Gasteiger partial charge < -0.3 is 4.98 Å². The quantitative estimate of drug-likeness (QED) is 0.337. The van der Waals surface area contributed by atoms with E-state index in [0.29, 0.717) is 0 Å². The van der Waals surface area contributed by atoms with Crippen molar-refractivity contribution < 1.29 is 7.37 Å². The second kappa shape index (κ2) is 3.62. The van der Waals surface area contributed by atoms with E-state index in [1.54, 1.807) is 0 Å². The standard InChI is InChI=1S/C18H11NS.3H2/c1-3-7-15-11(5-1)13-10-18-14(9-16(13)19-15)12-6-2-4-8-17(12)20-18;;;/h1-10,19H;3*1H/i;2*1+1D;1+1. The van der Waals surface area contributed by atoms with Crippen LogP contribution in [0.2, 0.25) is 0 Å². The Balaban J connectivity index is 0.000000424. The lowest BCUT2D eigenvalue weighted by molar-refractivity contribution is 1.56. The predicted molar refractivity (Wildman–Crippen MR) is 95.0 cm³/mol. The summed E-state index contributed by atoms with van der Waals surface area (Å²) in [5, 5.41) is 5.33. The third kappa shape index (κ3) is 1.27. The highest BCUT2D eigenvalue weighted by atomic mass is 32.1. The highest BCUT2D eigenvalue weighted by Crippen LogP contribution is 2.37. The lowest BCUT2D eigenvalue weighted by Gasteiger charge is -1.93. The van der Waals surface area contributed by atoms with Gasteiger partial charge in [-0.3, -0.25) is 0 Å². The molecule has 0 fully saturated rings. The molecule has 2 heterocycles. The van der Waals surface area contributed by atoms with E-state index in [9.17, 15) is 0 Å². The Morgan fingerprint density at radius 2 is 1.50 bits per heavy atom. The molecule has 0 radical (unpaired) electrons. The summed E-state index contributed by atoms with van der Waals surface area (Å²) in [6, 6.07) is 21.8. The van der Waals surface area contributed by atoms with Gasteiger partial charge in [0.15, 0.2) is 0 Å². The molecule has 0 spiro atoms. The fourth-order valence-corrected chi connectivity index (χ4v) is 4.20. The minimum absolute atomic E-state index is 0. The van der Waals surface area contributed by atoms with E-state index in [1.165, 1.54) is 42.0 Å². The van der Waals surface area contributed by atoms with Crippen LogP contribution in [0.4, 0.5) is 0 Å². The SMILES string of the molecule is [2HH].[2H][2H].[2H][2H].c1ccc2c(c1)[nH]c1cc3c(cc12)sc1ccccc13. The van der Waals surface area contributed by atoms with Gasteiger partial charge in [0.2, 0.25) is 0 Å². The molecule has 20 heavy (non-hydrogen) atoms. The van der Waals surface area contributed by atoms with Crippen molar-refractivity contribution in [3.63, 3.8) is 0 Å². The molecular weight excluding hydrogens is 262 g/mol. The van der Waals surface area contributed by atoms with Crippen molar-refractivity contribution in [3.05, 3.63) is 60.7 Å². The first kappa shape index (κ1) is 8.77. The molecule has 0 saturated heterocycles. The Hall–Kier alpha value is -2.32. The molecular formula is C18H17NS. The topological polar surface area (TPSA) is 15.8 Å². The first-order valence-electron chi connectivity index (χ1n) is 8.72. The average Bonchev–Trinajstić information content (AvgIpc) is 3.20. The smallest absolute Gasteiger partial charge is 0.0472 e. The Kier molecular flexibility index (Phi) is 1.59. The molecule has 3 aromatic carbocycles. The molecule has 100 valence electrons. The van der Waals surface area contributed by atoms with Crippen LogP contribution < -0.4 is 0 Å². The van der Waals surface area contributed by atoms with Crippen LogP contribution >= 0.6 is 11.3 Å². The number of H-pyrrole nitrogens is 1. The van der Waals surface area contributed by atoms with E-state index in [-0.39, 0.29) is 1.43 Å². The zero-order chi connectivity index (χ0) is 17.1. The van der Waals surface area contributed by atoms with Gasteiger partial charge in [-0.1, -0.05) is 36.4 Å². The minimum Gasteiger partial charge on any atom is -0.354 e. The van der Waals surface area contributed by atoms with Crippen LogP contribution in [0.1, 0.15) is 7.37 Å². The van der Waals surface area contributed by atoms with Gasteiger partial charge in [0.25, 0.3) is 0 Å². The number of thiophene rings is 1. The summed E-state index contributed by atoms with van der Waals surface area (Å²) in [6.45, 7) is 0. The Morgan fingerprint density at radius 1 is 0.700 bits per heavy atom. The summed E-state index contributed by atoms with van der Waals surface area (Å²) in [5.41, 5.74) is 2.44. The second-order valence-corrected chi connectivity index (χ2v) is 6.25. The zero-order valence-corrected chi connectivity index (χ0v) is 11.5. The first-order valence-corrected chi connectivity index (χ1v) is 7.53. The summed E-state index contributed by atoms with van der Waals surface area (Å²) in [4.78, 5) is 3.53. The molecule has 2 aromatic heterocycles. The van der Waals surface area contributed by atoms with Crippen LogP contribution in [0, 0.1) is 0 Å². The number of aromatic amines is 1. The van der Waals surface area contributed by atoms with Gasteiger partial charge in [-0.15, -0.1) is 11.3 Å². The van der Waals surface area contributed by atoms with Crippen molar-refractivity contribution in [1.82, 2.24) is 4.98 Å². The normalized spacial score (nSPS) is 12.8. The molecule has 0 saturated carbocycles. The van der Waals surface area contributed by atoms with Gasteiger partial charge >= 0.3 is 0 Å². The zero-order valence-electron chi connectivity index (χ0n) is 14.7.